The van der Waals surface area contributed by atoms with Gasteiger partial charge in [0, 0.05) is 44.3 Å². The fraction of sp³-hybridized carbons (Fsp3) is 0.364. The fourth-order valence-corrected chi connectivity index (χ4v) is 3.85. The predicted molar refractivity (Wildman–Crippen MR) is 116 cm³/mol. The highest BCUT2D eigenvalue weighted by atomic mass is 16.5. The van der Waals surface area contributed by atoms with Gasteiger partial charge in [-0.05, 0) is 37.3 Å². The van der Waals surface area contributed by atoms with E-state index >= 15 is 0 Å². The zero-order chi connectivity index (χ0) is 21.7. The lowest BCUT2D eigenvalue weighted by Crippen LogP contribution is -2.30. The Kier molecular flexibility index (Phi) is 4.53. The maximum atomic E-state index is 12.6. The third-order valence-corrected chi connectivity index (χ3v) is 5.70. The average molecular weight is 420 g/mol. The molecule has 1 saturated carbocycles. The van der Waals surface area contributed by atoms with Gasteiger partial charge in [0.1, 0.15) is 24.7 Å². The summed E-state index contributed by atoms with van der Waals surface area (Å²) in [7, 11) is 3.32. The maximum absolute atomic E-state index is 12.6. The first kappa shape index (κ1) is 19.3. The number of ether oxygens (including phenoxy) is 1. The molecule has 0 aromatic carbocycles. The van der Waals surface area contributed by atoms with Crippen LogP contribution in [0.4, 0.5) is 16.3 Å². The number of amides is 3. The normalized spacial score (nSPS) is 16.5. The number of aryl methyl sites for hydroxylation is 1. The van der Waals surface area contributed by atoms with Gasteiger partial charge in [-0.1, -0.05) is 0 Å². The van der Waals surface area contributed by atoms with Crippen LogP contribution in [0.25, 0.3) is 5.65 Å². The minimum atomic E-state index is -0.326. The number of hydrogen-bond donors (Lipinski definition) is 1. The molecular weight excluding hydrogens is 396 g/mol. The average Bonchev–Trinajstić information content (AvgIpc) is 3.47. The summed E-state index contributed by atoms with van der Waals surface area (Å²) in [6.07, 6.45) is 6.26. The minimum Gasteiger partial charge on any atom is -0.487 e. The first-order chi connectivity index (χ1) is 14.9. The van der Waals surface area contributed by atoms with Crippen LogP contribution >= 0.6 is 0 Å². The van der Waals surface area contributed by atoms with E-state index in [0.717, 1.165) is 40.5 Å². The molecule has 0 radical (unpaired) electrons. The zero-order valence-corrected chi connectivity index (χ0v) is 17.8. The van der Waals surface area contributed by atoms with Crippen LogP contribution < -0.4 is 15.0 Å². The first-order valence-electron chi connectivity index (χ1n) is 10.3. The number of fused-ring (bicyclic) bond motifs is 1. The van der Waals surface area contributed by atoms with Gasteiger partial charge in [0.15, 0.2) is 5.65 Å². The molecule has 5 rings (SSSR count). The Labute approximate surface area is 179 Å². The summed E-state index contributed by atoms with van der Waals surface area (Å²) in [5, 5.41) is 3.02. The lowest BCUT2D eigenvalue weighted by molar-refractivity contribution is -0.123. The molecule has 1 N–H and O–H groups in total. The number of rotatable bonds is 6. The lowest BCUT2D eigenvalue weighted by atomic mass is 10.1. The molecule has 31 heavy (non-hydrogen) atoms. The van der Waals surface area contributed by atoms with Gasteiger partial charge in [-0.25, -0.2) is 14.8 Å². The molecule has 3 aromatic heterocycles. The molecule has 1 aliphatic heterocycles. The smallest absolute Gasteiger partial charge is 0.331 e. The largest absolute Gasteiger partial charge is 0.487 e. The summed E-state index contributed by atoms with van der Waals surface area (Å²) in [6.45, 7) is 2.22. The summed E-state index contributed by atoms with van der Waals surface area (Å²) >= 11 is 0. The van der Waals surface area contributed by atoms with Crippen LogP contribution in [0.3, 0.4) is 0 Å². The Balaban J connectivity index is 1.48. The number of urea groups is 1. The van der Waals surface area contributed by atoms with Crippen molar-refractivity contribution in [2.24, 2.45) is 0 Å². The Morgan fingerprint density at radius 1 is 1.16 bits per heavy atom. The van der Waals surface area contributed by atoms with Crippen molar-refractivity contribution in [3.05, 3.63) is 47.5 Å². The molecule has 0 spiro atoms. The van der Waals surface area contributed by atoms with E-state index in [1.165, 1.54) is 11.9 Å². The van der Waals surface area contributed by atoms with E-state index in [2.05, 4.69) is 16.5 Å². The van der Waals surface area contributed by atoms with Gasteiger partial charge in [-0.2, -0.15) is 0 Å². The summed E-state index contributed by atoms with van der Waals surface area (Å²) < 4.78 is 7.90. The van der Waals surface area contributed by atoms with E-state index in [0.29, 0.717) is 23.0 Å². The summed E-state index contributed by atoms with van der Waals surface area (Å²) in [5.74, 6) is 1.72. The Bertz CT molecular complexity index is 1200. The van der Waals surface area contributed by atoms with Crippen LogP contribution in [-0.4, -0.2) is 51.8 Å². The van der Waals surface area contributed by atoms with Crippen molar-refractivity contribution in [2.45, 2.75) is 32.3 Å². The first-order valence-corrected chi connectivity index (χ1v) is 10.3. The Morgan fingerprint density at radius 2 is 1.97 bits per heavy atom. The molecule has 0 unspecified atom stereocenters. The van der Waals surface area contributed by atoms with Crippen LogP contribution in [0, 0.1) is 6.92 Å². The third-order valence-electron chi connectivity index (χ3n) is 5.70. The second-order valence-corrected chi connectivity index (χ2v) is 8.09. The minimum absolute atomic E-state index is 0.0287. The van der Waals surface area contributed by atoms with Crippen LogP contribution in [0.5, 0.6) is 5.75 Å². The van der Waals surface area contributed by atoms with E-state index in [1.807, 2.05) is 42.8 Å². The number of carbonyl (C=O) groups is 2. The molecule has 2 fully saturated rings. The molecule has 0 bridgehead atoms. The number of nitrogens with one attached hydrogen (secondary N) is 1. The van der Waals surface area contributed by atoms with Gasteiger partial charge in [-0.15, -0.1) is 0 Å². The fourth-order valence-electron chi connectivity index (χ4n) is 3.85. The van der Waals surface area contributed by atoms with Crippen molar-refractivity contribution < 1.29 is 14.3 Å². The van der Waals surface area contributed by atoms with Crippen molar-refractivity contribution >= 4 is 29.1 Å². The van der Waals surface area contributed by atoms with Gasteiger partial charge in [0.2, 0.25) is 5.91 Å². The van der Waals surface area contributed by atoms with E-state index in [4.69, 9.17) is 9.72 Å². The van der Waals surface area contributed by atoms with Crippen molar-refractivity contribution in [2.75, 3.05) is 30.9 Å². The summed E-state index contributed by atoms with van der Waals surface area (Å²) in [6, 6.07) is 5.38. The number of aromatic nitrogens is 3. The SMILES string of the molecule is CNc1cc(OCc2cn3cc(C4CC4)cc(N4CC(=O)N(C)C4=O)c3n2)cc(C)n1. The lowest BCUT2D eigenvalue weighted by Gasteiger charge is -2.17. The monoisotopic (exact) mass is 420 g/mol. The second kappa shape index (κ2) is 7.26. The van der Waals surface area contributed by atoms with Gasteiger partial charge >= 0.3 is 6.03 Å². The van der Waals surface area contributed by atoms with Crippen molar-refractivity contribution in [1.29, 1.82) is 0 Å². The van der Waals surface area contributed by atoms with Gasteiger partial charge < -0.3 is 14.5 Å². The van der Waals surface area contributed by atoms with Gasteiger partial charge in [-0.3, -0.25) is 14.6 Å². The highest BCUT2D eigenvalue weighted by Gasteiger charge is 2.36. The molecular formula is C22H24N6O3. The molecule has 1 aliphatic carbocycles. The van der Waals surface area contributed by atoms with E-state index < -0.39 is 0 Å². The number of hydrogen-bond acceptors (Lipinski definition) is 6. The van der Waals surface area contributed by atoms with E-state index in [9.17, 15) is 9.59 Å². The number of imidazole rings is 1. The number of pyridine rings is 2. The van der Waals surface area contributed by atoms with Crippen molar-refractivity contribution in [3.63, 3.8) is 0 Å². The molecule has 1 saturated heterocycles. The van der Waals surface area contributed by atoms with E-state index in [1.54, 1.807) is 0 Å². The number of nitrogens with zero attached hydrogens (tertiary/aromatic N) is 5. The standard InChI is InChI=1S/C22H24N6O3/c1-13-6-17(8-19(23-2)24-13)31-12-16-10-27-9-15(14-4-5-14)7-18(21(27)25-16)28-11-20(29)26(3)22(28)30/h6-10,14H,4-5,11-12H2,1-3H3,(H,23,24). The predicted octanol–water partition coefficient (Wildman–Crippen LogP) is 2.93. The third kappa shape index (κ3) is 3.56. The molecule has 160 valence electrons. The van der Waals surface area contributed by atoms with Crippen LogP contribution in [-0.2, 0) is 11.4 Å². The molecule has 9 heteroatoms. The van der Waals surface area contributed by atoms with Crippen LogP contribution in [0.15, 0.2) is 30.6 Å². The highest BCUT2D eigenvalue weighted by molar-refractivity contribution is 6.13. The molecule has 2 aliphatic rings. The molecule has 3 amide bonds. The van der Waals surface area contributed by atoms with Crippen LogP contribution in [0.2, 0.25) is 0 Å². The Hall–Kier alpha value is -3.62. The number of imide groups is 1. The van der Waals surface area contributed by atoms with Gasteiger partial charge in [0.25, 0.3) is 0 Å². The van der Waals surface area contributed by atoms with Gasteiger partial charge in [0.05, 0.1) is 11.4 Å². The van der Waals surface area contributed by atoms with Crippen LogP contribution in [0.1, 0.15) is 35.7 Å². The molecule has 3 aromatic rings. The second-order valence-electron chi connectivity index (χ2n) is 8.09. The quantitative estimate of drug-likeness (QED) is 0.617. The molecule has 0 atom stereocenters. The number of anilines is 2. The molecule has 4 heterocycles. The summed E-state index contributed by atoms with van der Waals surface area (Å²) in [5.41, 5.74) is 4.05. The number of carbonyl (C=O) groups excluding carboxylic acids is 2. The topological polar surface area (TPSA) is 92.1 Å². The molecule has 9 nitrogen and oxygen atoms in total. The van der Waals surface area contributed by atoms with Crippen molar-refractivity contribution in [1.82, 2.24) is 19.3 Å². The van der Waals surface area contributed by atoms with E-state index in [-0.39, 0.29) is 25.1 Å². The van der Waals surface area contributed by atoms with Crippen molar-refractivity contribution in [3.8, 4) is 5.75 Å². The number of likely N-dealkylation sites (N-methyl/N-ethyl adjacent to an activating group) is 1. The summed E-state index contributed by atoms with van der Waals surface area (Å²) in [4.78, 5) is 36.5. The zero-order valence-electron chi connectivity index (χ0n) is 17.8. The maximum Gasteiger partial charge on any atom is 0.331 e. The Morgan fingerprint density at radius 3 is 2.65 bits per heavy atom. The highest BCUT2D eigenvalue weighted by Crippen LogP contribution is 2.42.